The number of aryl methyl sites for hydroxylation is 1. The fraction of sp³-hybridized carbons (Fsp3) is 0.250. The van der Waals surface area contributed by atoms with Crippen molar-refractivity contribution in [1.82, 2.24) is 0 Å². The van der Waals surface area contributed by atoms with E-state index in [0.717, 1.165) is 12.1 Å². The van der Waals surface area contributed by atoms with Crippen LogP contribution in [0.2, 0.25) is 0 Å². The van der Waals surface area contributed by atoms with E-state index >= 15 is 0 Å². The molecule has 1 heterocycles. The van der Waals surface area contributed by atoms with Crippen LogP contribution in [-0.2, 0) is 0 Å². The third-order valence-electron chi connectivity index (χ3n) is 2.23. The summed E-state index contributed by atoms with van der Waals surface area (Å²) < 4.78 is 0. The third-order valence-corrected chi connectivity index (χ3v) is 2.23. The molecule has 1 heteroatoms. The molecule has 0 saturated heterocycles. The minimum Gasteiger partial charge on any atom is -0.260 e. The molecule has 1 nitrogen and oxygen atoms in total. The largest absolute Gasteiger partial charge is 0.260 e. The summed E-state index contributed by atoms with van der Waals surface area (Å²) in [6, 6.07) is 6.36. The van der Waals surface area contributed by atoms with Gasteiger partial charge in [-0.1, -0.05) is 23.3 Å². The Morgan fingerprint density at radius 3 is 2.92 bits per heavy atom. The highest BCUT2D eigenvalue weighted by molar-refractivity contribution is 5.77. The van der Waals surface area contributed by atoms with Crippen LogP contribution in [-0.4, -0.2) is 6.21 Å². The van der Waals surface area contributed by atoms with Crippen LogP contribution in [0.4, 0.5) is 5.69 Å². The first-order chi connectivity index (χ1) is 6.25. The molecule has 1 aliphatic rings. The summed E-state index contributed by atoms with van der Waals surface area (Å²) >= 11 is 0. The van der Waals surface area contributed by atoms with Crippen molar-refractivity contribution in [3.63, 3.8) is 0 Å². The van der Waals surface area contributed by atoms with Gasteiger partial charge in [0.05, 0.1) is 5.69 Å². The Morgan fingerprint density at radius 2 is 2.08 bits per heavy atom. The second-order valence-electron chi connectivity index (χ2n) is 3.57. The van der Waals surface area contributed by atoms with Crippen molar-refractivity contribution in [1.29, 1.82) is 0 Å². The Hall–Kier alpha value is -1.37. The van der Waals surface area contributed by atoms with Gasteiger partial charge in [0.15, 0.2) is 0 Å². The molecule has 0 aliphatic carbocycles. The molecule has 0 N–H and O–H groups in total. The number of allylic oxidation sites excluding steroid dienone is 1. The van der Waals surface area contributed by atoms with E-state index in [1.54, 1.807) is 0 Å². The zero-order valence-electron chi connectivity index (χ0n) is 8.04. The summed E-state index contributed by atoms with van der Waals surface area (Å²) in [5, 5.41) is 0. The van der Waals surface area contributed by atoms with Gasteiger partial charge >= 0.3 is 0 Å². The second kappa shape index (κ2) is 3.17. The zero-order chi connectivity index (χ0) is 9.26. The zero-order valence-corrected chi connectivity index (χ0v) is 8.04. The van der Waals surface area contributed by atoms with Crippen LogP contribution in [0.15, 0.2) is 28.8 Å². The topological polar surface area (TPSA) is 12.4 Å². The first kappa shape index (κ1) is 8.24. The van der Waals surface area contributed by atoms with Crippen molar-refractivity contribution in [2.45, 2.75) is 20.3 Å². The summed E-state index contributed by atoms with van der Waals surface area (Å²) in [6.45, 7) is 4.25. The fourth-order valence-electron chi connectivity index (χ4n) is 1.52. The Labute approximate surface area is 78.8 Å². The van der Waals surface area contributed by atoms with E-state index in [-0.39, 0.29) is 0 Å². The number of nitrogens with zero attached hydrogens (tertiary/aromatic N) is 1. The Bertz CT molecular complexity index is 386. The Morgan fingerprint density at radius 1 is 1.23 bits per heavy atom. The number of rotatable bonds is 0. The van der Waals surface area contributed by atoms with Crippen LogP contribution in [0.25, 0.3) is 6.08 Å². The van der Waals surface area contributed by atoms with Gasteiger partial charge in [-0.25, -0.2) is 0 Å². The molecule has 13 heavy (non-hydrogen) atoms. The molecule has 0 bridgehead atoms. The maximum atomic E-state index is 4.40. The molecule has 0 atom stereocenters. The maximum Gasteiger partial charge on any atom is 0.0698 e. The highest BCUT2D eigenvalue weighted by Gasteiger charge is 2.02. The van der Waals surface area contributed by atoms with Crippen molar-refractivity contribution >= 4 is 18.0 Å². The summed E-state index contributed by atoms with van der Waals surface area (Å²) in [5.41, 5.74) is 4.99. The Kier molecular flexibility index (Phi) is 2.01. The van der Waals surface area contributed by atoms with E-state index in [0.29, 0.717) is 0 Å². The molecule has 1 aliphatic heterocycles. The molecule has 1 aromatic rings. The van der Waals surface area contributed by atoms with E-state index in [4.69, 9.17) is 0 Å². The quantitative estimate of drug-likeness (QED) is 0.566. The van der Waals surface area contributed by atoms with Crippen LogP contribution < -0.4 is 0 Å². The smallest absolute Gasteiger partial charge is 0.0698 e. The molecule has 2 rings (SSSR count). The SMILES string of the molecule is CC1=Cc2cc(C)ccc2N=CC1. The van der Waals surface area contributed by atoms with E-state index in [1.165, 1.54) is 16.7 Å². The maximum absolute atomic E-state index is 4.40. The number of fused-ring (bicyclic) bond motifs is 1. The number of aliphatic imine (C=N–C) groups is 1. The summed E-state index contributed by atoms with van der Waals surface area (Å²) in [4.78, 5) is 4.40. The van der Waals surface area contributed by atoms with E-state index in [9.17, 15) is 0 Å². The monoisotopic (exact) mass is 171 g/mol. The average Bonchev–Trinajstić information content (AvgIpc) is 2.25. The molecular formula is C12H13N. The van der Waals surface area contributed by atoms with Crippen molar-refractivity contribution in [2.75, 3.05) is 0 Å². The van der Waals surface area contributed by atoms with Gasteiger partial charge in [-0.15, -0.1) is 0 Å². The van der Waals surface area contributed by atoms with Crippen LogP contribution in [0.3, 0.4) is 0 Å². The molecule has 1 aromatic carbocycles. The van der Waals surface area contributed by atoms with Crippen LogP contribution in [0.1, 0.15) is 24.5 Å². The lowest BCUT2D eigenvalue weighted by atomic mass is 10.1. The highest BCUT2D eigenvalue weighted by atomic mass is 14.7. The number of hydrogen-bond donors (Lipinski definition) is 0. The molecule has 0 aromatic heterocycles. The van der Waals surface area contributed by atoms with Crippen molar-refractivity contribution < 1.29 is 0 Å². The first-order valence-electron chi connectivity index (χ1n) is 4.56. The van der Waals surface area contributed by atoms with Crippen molar-refractivity contribution in [3.05, 3.63) is 34.9 Å². The highest BCUT2D eigenvalue weighted by Crippen LogP contribution is 2.25. The van der Waals surface area contributed by atoms with Gasteiger partial charge in [-0.3, -0.25) is 4.99 Å². The van der Waals surface area contributed by atoms with Gasteiger partial charge in [-0.2, -0.15) is 0 Å². The molecule has 0 fully saturated rings. The minimum atomic E-state index is 0.966. The number of benzene rings is 1. The standard InChI is InChI=1S/C12H13N/c1-9-3-4-12-11(7-9)8-10(2)5-6-13-12/h3-4,6-8H,5H2,1-2H3. The molecule has 0 unspecified atom stereocenters. The average molecular weight is 171 g/mol. The van der Waals surface area contributed by atoms with Gasteiger partial charge < -0.3 is 0 Å². The molecule has 0 spiro atoms. The fourth-order valence-corrected chi connectivity index (χ4v) is 1.52. The van der Waals surface area contributed by atoms with Crippen LogP contribution in [0.5, 0.6) is 0 Å². The van der Waals surface area contributed by atoms with Gasteiger partial charge in [0, 0.05) is 18.2 Å². The predicted octanol–water partition coefficient (Wildman–Crippen LogP) is 3.50. The predicted molar refractivity (Wildman–Crippen MR) is 57.6 cm³/mol. The van der Waals surface area contributed by atoms with Gasteiger partial charge in [0.1, 0.15) is 0 Å². The second-order valence-corrected chi connectivity index (χ2v) is 3.57. The Balaban J connectivity index is 2.59. The lowest BCUT2D eigenvalue weighted by molar-refractivity contribution is 1.32. The normalized spacial score (nSPS) is 14.8. The van der Waals surface area contributed by atoms with E-state index in [2.05, 4.69) is 43.1 Å². The summed E-state index contributed by atoms with van der Waals surface area (Å²) in [6.07, 6.45) is 5.16. The lowest BCUT2D eigenvalue weighted by Crippen LogP contribution is -1.77. The molecule has 0 amide bonds. The minimum absolute atomic E-state index is 0.966. The van der Waals surface area contributed by atoms with E-state index < -0.39 is 0 Å². The first-order valence-corrected chi connectivity index (χ1v) is 4.56. The van der Waals surface area contributed by atoms with Crippen LogP contribution >= 0.6 is 0 Å². The summed E-state index contributed by atoms with van der Waals surface area (Å²) in [7, 11) is 0. The van der Waals surface area contributed by atoms with Crippen molar-refractivity contribution in [2.24, 2.45) is 4.99 Å². The summed E-state index contributed by atoms with van der Waals surface area (Å²) in [5.74, 6) is 0. The van der Waals surface area contributed by atoms with Gasteiger partial charge in [0.25, 0.3) is 0 Å². The molecule has 0 radical (unpaired) electrons. The molecule has 0 saturated carbocycles. The van der Waals surface area contributed by atoms with Gasteiger partial charge in [-0.05, 0) is 26.0 Å². The van der Waals surface area contributed by atoms with Gasteiger partial charge in [0.2, 0.25) is 0 Å². The van der Waals surface area contributed by atoms with Crippen LogP contribution in [0, 0.1) is 6.92 Å². The van der Waals surface area contributed by atoms with Crippen molar-refractivity contribution in [3.8, 4) is 0 Å². The molecule has 66 valence electrons. The lowest BCUT2D eigenvalue weighted by Gasteiger charge is -2.00. The number of hydrogen-bond acceptors (Lipinski definition) is 1. The van der Waals surface area contributed by atoms with E-state index in [1.807, 2.05) is 6.21 Å². The molecular weight excluding hydrogens is 158 g/mol. The third kappa shape index (κ3) is 1.69.